The summed E-state index contributed by atoms with van der Waals surface area (Å²) in [6.45, 7) is 2.97. The highest BCUT2D eigenvalue weighted by Crippen LogP contribution is 2.60. The summed E-state index contributed by atoms with van der Waals surface area (Å²) in [6.07, 6.45) is 5.56. The molecule has 3 nitrogen and oxygen atoms in total. The van der Waals surface area contributed by atoms with Gasteiger partial charge in [-0.25, -0.2) is 0 Å². The fraction of sp³-hybridized carbons (Fsp3) is 0.909. The minimum atomic E-state index is -0.0452. The largest absolute Gasteiger partial charge is 0.358 e. The van der Waals surface area contributed by atoms with Crippen molar-refractivity contribution < 1.29 is 4.79 Å². The van der Waals surface area contributed by atoms with Crippen LogP contribution in [-0.4, -0.2) is 25.5 Å². The molecule has 0 bridgehead atoms. The monoisotopic (exact) mass is 196 g/mol. The van der Waals surface area contributed by atoms with Gasteiger partial charge in [0.15, 0.2) is 0 Å². The van der Waals surface area contributed by atoms with E-state index < -0.39 is 0 Å². The normalized spacial score (nSPS) is 25.6. The highest BCUT2D eigenvalue weighted by atomic mass is 16.2. The lowest BCUT2D eigenvalue weighted by molar-refractivity contribution is -0.122. The number of rotatable bonds is 5. The van der Waals surface area contributed by atoms with E-state index in [-0.39, 0.29) is 11.9 Å². The maximum Gasteiger partial charge on any atom is 0.236 e. The predicted molar refractivity (Wildman–Crippen MR) is 55.9 cm³/mol. The second-order valence-electron chi connectivity index (χ2n) is 4.85. The van der Waals surface area contributed by atoms with Crippen molar-refractivity contribution in [3.8, 4) is 0 Å². The number of carbonyl (C=O) groups is 1. The van der Waals surface area contributed by atoms with E-state index in [4.69, 9.17) is 0 Å². The van der Waals surface area contributed by atoms with Crippen LogP contribution < -0.4 is 10.6 Å². The molecule has 2 N–H and O–H groups in total. The summed E-state index contributed by atoms with van der Waals surface area (Å²) in [5.74, 6) is 1.06. The zero-order valence-corrected chi connectivity index (χ0v) is 9.10. The third kappa shape index (κ3) is 1.92. The van der Waals surface area contributed by atoms with Gasteiger partial charge in [0, 0.05) is 13.6 Å². The lowest BCUT2D eigenvalue weighted by Crippen LogP contribution is -2.43. The molecule has 1 unspecified atom stereocenters. The smallest absolute Gasteiger partial charge is 0.236 e. The molecule has 0 aromatic carbocycles. The van der Waals surface area contributed by atoms with Crippen molar-refractivity contribution in [1.82, 2.24) is 10.6 Å². The van der Waals surface area contributed by atoms with E-state index in [1.807, 2.05) is 6.92 Å². The summed E-state index contributed by atoms with van der Waals surface area (Å²) in [4.78, 5) is 11.3. The van der Waals surface area contributed by atoms with E-state index in [1.165, 1.54) is 25.7 Å². The molecule has 0 radical (unpaired) electrons. The molecule has 0 saturated heterocycles. The molecule has 0 aromatic rings. The quantitative estimate of drug-likeness (QED) is 0.686. The fourth-order valence-corrected chi connectivity index (χ4v) is 2.25. The van der Waals surface area contributed by atoms with Crippen LogP contribution >= 0.6 is 0 Å². The molecular weight excluding hydrogens is 176 g/mol. The topological polar surface area (TPSA) is 41.1 Å². The van der Waals surface area contributed by atoms with Gasteiger partial charge >= 0.3 is 0 Å². The van der Waals surface area contributed by atoms with Crippen LogP contribution in [-0.2, 0) is 4.79 Å². The molecule has 1 atom stereocenters. The van der Waals surface area contributed by atoms with Gasteiger partial charge in [-0.05, 0) is 43.9 Å². The molecule has 2 aliphatic rings. The maximum absolute atomic E-state index is 11.3. The predicted octanol–water partition coefficient (Wildman–Crippen LogP) is 0.901. The first-order chi connectivity index (χ1) is 6.68. The van der Waals surface area contributed by atoms with Crippen molar-refractivity contribution in [3.05, 3.63) is 0 Å². The van der Waals surface area contributed by atoms with Crippen molar-refractivity contribution in [2.75, 3.05) is 13.6 Å². The first kappa shape index (κ1) is 9.97. The van der Waals surface area contributed by atoms with Gasteiger partial charge in [0.2, 0.25) is 5.91 Å². The van der Waals surface area contributed by atoms with Crippen LogP contribution in [0.15, 0.2) is 0 Å². The maximum atomic E-state index is 11.3. The zero-order valence-electron chi connectivity index (χ0n) is 9.10. The molecular formula is C11H20N2O. The number of amides is 1. The van der Waals surface area contributed by atoms with Gasteiger partial charge in [-0.3, -0.25) is 4.79 Å². The second kappa shape index (κ2) is 3.54. The molecule has 0 aliphatic heterocycles. The van der Waals surface area contributed by atoms with Crippen molar-refractivity contribution in [2.45, 2.75) is 38.6 Å². The average molecular weight is 196 g/mol. The molecule has 2 aliphatic carbocycles. The summed E-state index contributed by atoms with van der Waals surface area (Å²) >= 11 is 0. The Bertz CT molecular complexity index is 231. The molecule has 1 amide bonds. The first-order valence-corrected chi connectivity index (χ1v) is 5.63. The molecule has 2 rings (SSSR count). The third-order valence-corrected chi connectivity index (χ3v) is 3.74. The van der Waals surface area contributed by atoms with Crippen molar-refractivity contribution in [1.29, 1.82) is 0 Å². The number of hydrogen-bond acceptors (Lipinski definition) is 2. The minimum Gasteiger partial charge on any atom is -0.358 e. The van der Waals surface area contributed by atoms with E-state index in [9.17, 15) is 4.79 Å². The van der Waals surface area contributed by atoms with Crippen molar-refractivity contribution in [2.24, 2.45) is 11.3 Å². The van der Waals surface area contributed by atoms with E-state index in [0.29, 0.717) is 5.41 Å². The molecule has 80 valence electrons. The third-order valence-electron chi connectivity index (χ3n) is 3.74. The second-order valence-corrected chi connectivity index (χ2v) is 4.85. The van der Waals surface area contributed by atoms with Gasteiger partial charge in [0.1, 0.15) is 0 Å². The van der Waals surface area contributed by atoms with E-state index in [1.54, 1.807) is 7.05 Å². The van der Waals surface area contributed by atoms with Gasteiger partial charge in [-0.2, -0.15) is 0 Å². The summed E-state index contributed by atoms with van der Waals surface area (Å²) in [7, 11) is 1.69. The summed E-state index contributed by atoms with van der Waals surface area (Å²) in [6, 6.07) is -0.0452. The van der Waals surface area contributed by atoms with Gasteiger partial charge in [0.05, 0.1) is 6.04 Å². The zero-order chi connectivity index (χ0) is 10.2. The standard InChI is InChI=1S/C11H20N2O/c1-8(10(14)12-2)13-7-11(5-6-11)9-3-4-9/h8-9,13H,3-7H2,1-2H3,(H,12,14). The lowest BCUT2D eigenvalue weighted by atomic mass is 10.0. The Hall–Kier alpha value is -0.570. The van der Waals surface area contributed by atoms with E-state index in [2.05, 4.69) is 10.6 Å². The summed E-state index contributed by atoms with van der Waals surface area (Å²) < 4.78 is 0. The van der Waals surface area contributed by atoms with Crippen LogP contribution in [0.25, 0.3) is 0 Å². The Morgan fingerprint density at radius 2 is 2.14 bits per heavy atom. The molecule has 0 heterocycles. The Balaban J connectivity index is 1.74. The highest BCUT2D eigenvalue weighted by Gasteiger charge is 2.53. The Morgan fingerprint density at radius 3 is 2.57 bits per heavy atom. The van der Waals surface area contributed by atoms with Gasteiger partial charge in [-0.15, -0.1) is 0 Å². The first-order valence-electron chi connectivity index (χ1n) is 5.63. The lowest BCUT2D eigenvalue weighted by Gasteiger charge is -2.18. The molecule has 14 heavy (non-hydrogen) atoms. The van der Waals surface area contributed by atoms with Gasteiger partial charge < -0.3 is 10.6 Å². The Morgan fingerprint density at radius 1 is 1.50 bits per heavy atom. The number of nitrogens with one attached hydrogen (secondary N) is 2. The summed E-state index contributed by atoms with van der Waals surface area (Å²) in [5, 5.41) is 6.01. The Kier molecular flexibility index (Phi) is 2.52. The van der Waals surface area contributed by atoms with Gasteiger partial charge in [-0.1, -0.05) is 0 Å². The average Bonchev–Trinajstić information content (AvgIpc) is 3.03. The van der Waals surface area contributed by atoms with Crippen LogP contribution in [0.5, 0.6) is 0 Å². The minimum absolute atomic E-state index is 0.0452. The fourth-order valence-electron chi connectivity index (χ4n) is 2.25. The van der Waals surface area contributed by atoms with Crippen LogP contribution in [0, 0.1) is 11.3 Å². The molecule has 3 heteroatoms. The van der Waals surface area contributed by atoms with Crippen LogP contribution in [0.2, 0.25) is 0 Å². The molecule has 0 spiro atoms. The van der Waals surface area contributed by atoms with E-state index >= 15 is 0 Å². The van der Waals surface area contributed by atoms with Crippen LogP contribution in [0.1, 0.15) is 32.6 Å². The number of carbonyl (C=O) groups excluding carboxylic acids is 1. The molecule has 2 saturated carbocycles. The Labute approximate surface area is 85.6 Å². The number of likely N-dealkylation sites (N-methyl/N-ethyl adjacent to an activating group) is 1. The SMILES string of the molecule is CNC(=O)C(C)NCC1(C2CC2)CC1. The van der Waals surface area contributed by atoms with Crippen molar-refractivity contribution in [3.63, 3.8) is 0 Å². The van der Waals surface area contributed by atoms with E-state index in [0.717, 1.165) is 12.5 Å². The van der Waals surface area contributed by atoms with Gasteiger partial charge in [0.25, 0.3) is 0 Å². The van der Waals surface area contributed by atoms with Crippen LogP contribution in [0.3, 0.4) is 0 Å². The molecule has 0 aromatic heterocycles. The summed E-state index contributed by atoms with van der Waals surface area (Å²) in [5.41, 5.74) is 0.586. The van der Waals surface area contributed by atoms with Crippen LogP contribution in [0.4, 0.5) is 0 Å². The number of hydrogen-bond donors (Lipinski definition) is 2. The molecule has 2 fully saturated rings. The highest BCUT2D eigenvalue weighted by molar-refractivity contribution is 5.80. The van der Waals surface area contributed by atoms with Crippen molar-refractivity contribution >= 4 is 5.91 Å².